The van der Waals surface area contributed by atoms with Crippen LogP contribution >= 0.6 is 11.6 Å². The molecule has 0 radical (unpaired) electrons. The third kappa shape index (κ3) is 2.30. The molecule has 88 valence electrons. The summed E-state index contributed by atoms with van der Waals surface area (Å²) in [6.07, 6.45) is 0. The number of halogens is 3. The van der Waals surface area contributed by atoms with Crippen LogP contribution in [0.15, 0.2) is 36.4 Å². The maximum absolute atomic E-state index is 13.6. The van der Waals surface area contributed by atoms with E-state index in [4.69, 9.17) is 17.3 Å². The molecule has 0 fully saturated rings. The summed E-state index contributed by atoms with van der Waals surface area (Å²) in [5.41, 5.74) is 6.50. The number of hydrogen-bond donors (Lipinski definition) is 1. The number of rotatable bonds is 2. The molecule has 0 atom stereocenters. The molecule has 0 aliphatic carbocycles. The van der Waals surface area contributed by atoms with E-state index in [1.165, 1.54) is 18.2 Å². The highest BCUT2D eigenvalue weighted by Crippen LogP contribution is 2.32. The van der Waals surface area contributed by atoms with Gasteiger partial charge in [-0.15, -0.1) is 0 Å². The monoisotopic (exact) mass is 253 g/mol. The molecule has 2 N–H and O–H groups in total. The molecule has 4 heteroatoms. The molecule has 2 rings (SSSR count). The summed E-state index contributed by atoms with van der Waals surface area (Å²) in [6.45, 7) is 0.333. The molecule has 0 saturated carbocycles. The van der Waals surface area contributed by atoms with Crippen LogP contribution in [-0.2, 0) is 6.54 Å². The van der Waals surface area contributed by atoms with Gasteiger partial charge in [0.05, 0.1) is 5.56 Å². The summed E-state index contributed by atoms with van der Waals surface area (Å²) >= 11 is 6.00. The topological polar surface area (TPSA) is 26.0 Å². The summed E-state index contributed by atoms with van der Waals surface area (Å²) in [5.74, 6) is -1.26. The SMILES string of the molecule is NCc1ccc(-c2c(F)cccc2F)c(Cl)c1. The molecule has 2 aromatic carbocycles. The van der Waals surface area contributed by atoms with Crippen LogP contribution in [0.3, 0.4) is 0 Å². The Morgan fingerprint density at radius 1 is 1.06 bits per heavy atom. The Bertz CT molecular complexity index is 535. The predicted molar refractivity (Wildman–Crippen MR) is 64.7 cm³/mol. The Balaban J connectivity index is 2.61. The second kappa shape index (κ2) is 4.82. The second-order valence-electron chi connectivity index (χ2n) is 3.61. The highest BCUT2D eigenvalue weighted by Gasteiger charge is 2.13. The smallest absolute Gasteiger partial charge is 0.134 e. The largest absolute Gasteiger partial charge is 0.326 e. The first kappa shape index (κ1) is 12.0. The van der Waals surface area contributed by atoms with Gasteiger partial charge >= 0.3 is 0 Å². The van der Waals surface area contributed by atoms with Crippen molar-refractivity contribution in [3.63, 3.8) is 0 Å². The van der Waals surface area contributed by atoms with Crippen molar-refractivity contribution in [1.29, 1.82) is 0 Å². The minimum atomic E-state index is -0.632. The zero-order chi connectivity index (χ0) is 12.4. The zero-order valence-electron chi connectivity index (χ0n) is 8.88. The van der Waals surface area contributed by atoms with Gasteiger partial charge in [-0.2, -0.15) is 0 Å². The van der Waals surface area contributed by atoms with E-state index < -0.39 is 11.6 Å². The lowest BCUT2D eigenvalue weighted by Crippen LogP contribution is -1.97. The molecule has 2 aromatic rings. The molecule has 1 nitrogen and oxygen atoms in total. The molecule has 0 spiro atoms. The first-order chi connectivity index (χ1) is 8.13. The van der Waals surface area contributed by atoms with Crippen LogP contribution < -0.4 is 5.73 Å². The van der Waals surface area contributed by atoms with E-state index in [0.29, 0.717) is 12.1 Å². The Morgan fingerprint density at radius 3 is 2.24 bits per heavy atom. The second-order valence-corrected chi connectivity index (χ2v) is 4.02. The predicted octanol–water partition coefficient (Wildman–Crippen LogP) is 3.74. The molecular weight excluding hydrogens is 244 g/mol. The lowest BCUT2D eigenvalue weighted by Gasteiger charge is -2.08. The molecule has 0 unspecified atom stereocenters. The highest BCUT2D eigenvalue weighted by molar-refractivity contribution is 6.33. The molecule has 0 saturated heterocycles. The zero-order valence-corrected chi connectivity index (χ0v) is 9.64. The van der Waals surface area contributed by atoms with E-state index in [-0.39, 0.29) is 10.6 Å². The fourth-order valence-electron chi connectivity index (χ4n) is 1.64. The lowest BCUT2D eigenvalue weighted by molar-refractivity contribution is 0.589. The normalized spacial score (nSPS) is 10.6. The lowest BCUT2D eigenvalue weighted by atomic mass is 10.0. The van der Waals surface area contributed by atoms with Gasteiger partial charge in [0.25, 0.3) is 0 Å². The Morgan fingerprint density at radius 2 is 1.71 bits per heavy atom. The first-order valence-electron chi connectivity index (χ1n) is 5.06. The van der Waals surface area contributed by atoms with Crippen molar-refractivity contribution in [3.8, 4) is 11.1 Å². The van der Waals surface area contributed by atoms with Crippen molar-refractivity contribution >= 4 is 11.6 Å². The van der Waals surface area contributed by atoms with Gasteiger partial charge in [-0.25, -0.2) is 8.78 Å². The number of hydrogen-bond acceptors (Lipinski definition) is 1. The van der Waals surface area contributed by atoms with Crippen LogP contribution in [0.4, 0.5) is 8.78 Å². The minimum Gasteiger partial charge on any atom is -0.326 e. The van der Waals surface area contributed by atoms with Gasteiger partial charge in [0.2, 0.25) is 0 Å². The van der Waals surface area contributed by atoms with Crippen molar-refractivity contribution in [1.82, 2.24) is 0 Å². The molecule has 0 aromatic heterocycles. The van der Waals surface area contributed by atoms with E-state index in [2.05, 4.69) is 0 Å². The third-order valence-electron chi connectivity index (χ3n) is 2.50. The molecule has 17 heavy (non-hydrogen) atoms. The average molecular weight is 254 g/mol. The van der Waals surface area contributed by atoms with Gasteiger partial charge in [0.15, 0.2) is 0 Å². The average Bonchev–Trinajstić information content (AvgIpc) is 2.30. The summed E-state index contributed by atoms with van der Waals surface area (Å²) in [4.78, 5) is 0. The van der Waals surface area contributed by atoms with Crippen LogP contribution in [0, 0.1) is 11.6 Å². The number of nitrogens with two attached hydrogens (primary N) is 1. The van der Waals surface area contributed by atoms with Crippen LogP contribution in [0.1, 0.15) is 5.56 Å². The van der Waals surface area contributed by atoms with Crippen molar-refractivity contribution < 1.29 is 8.78 Å². The number of benzene rings is 2. The summed E-state index contributed by atoms with van der Waals surface area (Å²) in [7, 11) is 0. The van der Waals surface area contributed by atoms with Gasteiger partial charge in [0.1, 0.15) is 11.6 Å². The van der Waals surface area contributed by atoms with Crippen LogP contribution in [0.25, 0.3) is 11.1 Å². The molecule has 0 bridgehead atoms. The van der Waals surface area contributed by atoms with E-state index in [9.17, 15) is 8.78 Å². The van der Waals surface area contributed by atoms with E-state index in [1.54, 1.807) is 18.2 Å². The van der Waals surface area contributed by atoms with Gasteiger partial charge in [-0.05, 0) is 23.8 Å². The summed E-state index contributed by atoms with van der Waals surface area (Å²) in [6, 6.07) is 8.61. The van der Waals surface area contributed by atoms with Crippen molar-refractivity contribution in [2.75, 3.05) is 0 Å². The molecular formula is C13H10ClF2N. The highest BCUT2D eigenvalue weighted by atomic mass is 35.5. The minimum absolute atomic E-state index is 0.110. The summed E-state index contributed by atoms with van der Waals surface area (Å²) < 4.78 is 27.2. The molecule has 0 aliphatic rings. The van der Waals surface area contributed by atoms with Crippen molar-refractivity contribution in [2.24, 2.45) is 5.73 Å². The maximum Gasteiger partial charge on any atom is 0.134 e. The van der Waals surface area contributed by atoms with Crippen LogP contribution in [0.2, 0.25) is 5.02 Å². The van der Waals surface area contributed by atoms with Gasteiger partial charge < -0.3 is 5.73 Å². The quantitative estimate of drug-likeness (QED) is 0.867. The van der Waals surface area contributed by atoms with Gasteiger partial charge in [0, 0.05) is 17.1 Å². The molecule has 0 amide bonds. The Labute approximate surface area is 103 Å². The van der Waals surface area contributed by atoms with E-state index in [1.807, 2.05) is 0 Å². The van der Waals surface area contributed by atoms with E-state index in [0.717, 1.165) is 5.56 Å². The Kier molecular flexibility index (Phi) is 3.41. The van der Waals surface area contributed by atoms with Gasteiger partial charge in [-0.3, -0.25) is 0 Å². The van der Waals surface area contributed by atoms with Crippen LogP contribution in [0.5, 0.6) is 0 Å². The summed E-state index contributed by atoms with van der Waals surface area (Å²) in [5, 5.41) is 0.289. The fourth-order valence-corrected chi connectivity index (χ4v) is 1.94. The van der Waals surface area contributed by atoms with E-state index >= 15 is 0 Å². The molecule has 0 heterocycles. The maximum atomic E-state index is 13.6. The first-order valence-corrected chi connectivity index (χ1v) is 5.44. The fraction of sp³-hybridized carbons (Fsp3) is 0.0769. The van der Waals surface area contributed by atoms with Gasteiger partial charge in [-0.1, -0.05) is 29.8 Å². The standard InChI is InChI=1S/C13H10ClF2N/c14-10-6-8(7-17)4-5-9(10)13-11(15)2-1-3-12(13)16/h1-6H,7,17H2. The van der Waals surface area contributed by atoms with Crippen molar-refractivity contribution in [3.05, 3.63) is 58.6 Å². The van der Waals surface area contributed by atoms with Crippen molar-refractivity contribution in [2.45, 2.75) is 6.54 Å². The molecule has 0 aliphatic heterocycles. The third-order valence-corrected chi connectivity index (χ3v) is 2.81. The Hall–Kier alpha value is -1.45. The van der Waals surface area contributed by atoms with Crippen LogP contribution in [-0.4, -0.2) is 0 Å².